The largest absolute Gasteiger partial charge is 0.494 e. The first kappa shape index (κ1) is 21.9. The molecule has 1 heterocycles. The molecule has 0 aromatic heterocycles. The summed E-state index contributed by atoms with van der Waals surface area (Å²) >= 11 is 0. The van der Waals surface area contributed by atoms with Crippen molar-refractivity contribution in [2.24, 2.45) is 0 Å². The molecule has 0 radical (unpaired) electrons. The third kappa shape index (κ3) is 4.83. The smallest absolute Gasteiger partial charge is 0.417 e. The van der Waals surface area contributed by atoms with E-state index in [1.165, 1.54) is 6.07 Å². The van der Waals surface area contributed by atoms with Gasteiger partial charge >= 0.3 is 6.09 Å². The van der Waals surface area contributed by atoms with Gasteiger partial charge in [0.2, 0.25) is 5.91 Å². The highest BCUT2D eigenvalue weighted by atomic mass is 19.1. The number of benzene rings is 2. The molecule has 3 rings (SSSR count). The second-order valence-corrected chi connectivity index (χ2v) is 7.71. The summed E-state index contributed by atoms with van der Waals surface area (Å²) in [6.07, 6.45) is 1.26. The summed E-state index contributed by atoms with van der Waals surface area (Å²) < 4.78 is 25.5. The van der Waals surface area contributed by atoms with Crippen molar-refractivity contribution in [3.05, 3.63) is 59.4 Å². The highest BCUT2D eigenvalue weighted by Crippen LogP contribution is 2.31. The van der Waals surface area contributed by atoms with E-state index < -0.39 is 23.9 Å². The van der Waals surface area contributed by atoms with Gasteiger partial charge in [-0.2, -0.15) is 0 Å². The number of imide groups is 1. The maximum atomic E-state index is 14.7. The third-order valence-corrected chi connectivity index (χ3v) is 5.39. The van der Waals surface area contributed by atoms with Gasteiger partial charge in [-0.15, -0.1) is 0 Å². The number of hydrogen-bond acceptors (Lipinski definition) is 4. The van der Waals surface area contributed by atoms with Crippen LogP contribution in [0.1, 0.15) is 56.2 Å². The van der Waals surface area contributed by atoms with Gasteiger partial charge in [0.25, 0.3) is 0 Å². The minimum atomic E-state index is -0.655. The van der Waals surface area contributed by atoms with Gasteiger partial charge < -0.3 is 9.47 Å². The SMILES string of the molecule is Bc1cc(C(C)CC(=O)N2C(=O)OC[C@H]2c2ccccc2)c(F)cc1OCCCC. The zero-order chi connectivity index (χ0) is 21.7. The Morgan fingerprint density at radius 3 is 2.77 bits per heavy atom. The zero-order valence-corrected chi connectivity index (χ0v) is 17.7. The average molecular weight is 411 g/mol. The molecule has 0 bridgehead atoms. The third-order valence-electron chi connectivity index (χ3n) is 5.39. The molecule has 2 atom stereocenters. The summed E-state index contributed by atoms with van der Waals surface area (Å²) in [5, 5.41) is 0. The van der Waals surface area contributed by atoms with Crippen LogP contribution in [0.2, 0.25) is 0 Å². The maximum absolute atomic E-state index is 14.7. The van der Waals surface area contributed by atoms with Gasteiger partial charge in [0, 0.05) is 12.5 Å². The molecule has 5 nitrogen and oxygen atoms in total. The second kappa shape index (κ2) is 9.78. The van der Waals surface area contributed by atoms with E-state index in [2.05, 4.69) is 6.92 Å². The first-order chi connectivity index (χ1) is 14.4. The molecule has 0 N–H and O–H groups in total. The lowest BCUT2D eigenvalue weighted by Gasteiger charge is -2.22. The number of nitrogens with zero attached hydrogens (tertiary/aromatic N) is 1. The average Bonchev–Trinajstić information content (AvgIpc) is 3.12. The molecular weight excluding hydrogens is 384 g/mol. The van der Waals surface area contributed by atoms with Crippen molar-refractivity contribution >= 4 is 25.3 Å². The van der Waals surface area contributed by atoms with Crippen LogP contribution in [0.15, 0.2) is 42.5 Å². The quantitative estimate of drug-likeness (QED) is 0.493. The first-order valence-electron chi connectivity index (χ1n) is 10.4. The number of amides is 2. The molecule has 1 saturated heterocycles. The predicted octanol–water partition coefficient (Wildman–Crippen LogP) is 3.48. The van der Waals surface area contributed by atoms with Gasteiger partial charge in [-0.3, -0.25) is 4.79 Å². The minimum Gasteiger partial charge on any atom is -0.494 e. The summed E-state index contributed by atoms with van der Waals surface area (Å²) in [7, 11) is 1.86. The van der Waals surface area contributed by atoms with Crippen LogP contribution in [0.4, 0.5) is 9.18 Å². The number of carbonyl (C=O) groups is 2. The van der Waals surface area contributed by atoms with Crippen molar-refractivity contribution in [2.45, 2.75) is 45.1 Å². The van der Waals surface area contributed by atoms with Gasteiger partial charge in [-0.25, -0.2) is 14.1 Å². The monoisotopic (exact) mass is 411 g/mol. The lowest BCUT2D eigenvalue weighted by molar-refractivity contribution is -0.129. The maximum Gasteiger partial charge on any atom is 0.417 e. The fourth-order valence-electron chi connectivity index (χ4n) is 3.63. The van der Waals surface area contributed by atoms with Crippen LogP contribution in [0.5, 0.6) is 5.75 Å². The van der Waals surface area contributed by atoms with Crippen LogP contribution in [0.25, 0.3) is 0 Å². The Hall–Kier alpha value is -2.83. The summed E-state index contributed by atoms with van der Waals surface area (Å²) in [5.41, 5.74) is 2.09. The van der Waals surface area contributed by atoms with E-state index >= 15 is 0 Å². The normalized spacial score (nSPS) is 17.0. The number of carbonyl (C=O) groups excluding carboxylic acids is 2. The number of hydrogen-bond donors (Lipinski definition) is 0. The molecule has 2 aromatic carbocycles. The molecule has 1 unspecified atom stereocenters. The van der Waals surface area contributed by atoms with Gasteiger partial charge in [-0.05, 0) is 28.9 Å². The van der Waals surface area contributed by atoms with E-state index in [1.807, 2.05) is 38.2 Å². The Bertz CT molecular complexity index is 906. The molecule has 2 aromatic rings. The van der Waals surface area contributed by atoms with Crippen LogP contribution in [-0.2, 0) is 9.53 Å². The number of halogens is 1. The van der Waals surface area contributed by atoms with E-state index in [0.29, 0.717) is 17.9 Å². The molecule has 0 aliphatic carbocycles. The molecular formula is C23H27BFNO4. The van der Waals surface area contributed by atoms with E-state index in [9.17, 15) is 14.0 Å². The van der Waals surface area contributed by atoms with Crippen LogP contribution < -0.4 is 10.2 Å². The van der Waals surface area contributed by atoms with Crippen LogP contribution in [0, 0.1) is 5.82 Å². The standard InChI is InChI=1S/C23H27BFNO4/c1-3-4-10-29-21-13-19(25)17(12-18(21)24)15(2)11-22(27)26-20(14-30-23(26)28)16-8-6-5-7-9-16/h5-9,12-13,15,20H,3-4,10-11,14,24H2,1-2H3/t15?,20-/m0/s1. The van der Waals surface area contributed by atoms with Crippen molar-refractivity contribution in [3.63, 3.8) is 0 Å². The molecule has 7 heteroatoms. The fraction of sp³-hybridized carbons (Fsp3) is 0.391. The molecule has 1 aliphatic heterocycles. The van der Waals surface area contributed by atoms with Crippen molar-refractivity contribution < 1.29 is 23.5 Å². The Morgan fingerprint density at radius 2 is 2.07 bits per heavy atom. The highest BCUT2D eigenvalue weighted by Gasteiger charge is 2.39. The number of cyclic esters (lactones) is 1. The summed E-state index contributed by atoms with van der Waals surface area (Å²) in [5.74, 6) is -0.656. The van der Waals surface area contributed by atoms with Crippen molar-refractivity contribution in [2.75, 3.05) is 13.2 Å². The lowest BCUT2D eigenvalue weighted by atomic mass is 9.87. The first-order valence-corrected chi connectivity index (χ1v) is 10.4. The molecule has 1 aliphatic rings. The van der Waals surface area contributed by atoms with E-state index in [1.54, 1.807) is 13.0 Å². The molecule has 0 saturated carbocycles. The molecule has 0 spiro atoms. The minimum absolute atomic E-state index is 0.00479. The zero-order valence-electron chi connectivity index (χ0n) is 17.7. The van der Waals surface area contributed by atoms with E-state index in [-0.39, 0.29) is 18.9 Å². The number of rotatable bonds is 8. The molecule has 30 heavy (non-hydrogen) atoms. The van der Waals surface area contributed by atoms with Gasteiger partial charge in [0.05, 0.1) is 6.61 Å². The Labute approximate surface area is 177 Å². The van der Waals surface area contributed by atoms with Crippen LogP contribution in [0.3, 0.4) is 0 Å². The van der Waals surface area contributed by atoms with Gasteiger partial charge in [-0.1, -0.05) is 56.7 Å². The highest BCUT2D eigenvalue weighted by molar-refractivity contribution is 6.34. The van der Waals surface area contributed by atoms with Crippen molar-refractivity contribution in [3.8, 4) is 5.75 Å². The van der Waals surface area contributed by atoms with E-state index in [0.717, 1.165) is 28.8 Å². The van der Waals surface area contributed by atoms with Crippen molar-refractivity contribution in [1.29, 1.82) is 0 Å². The van der Waals surface area contributed by atoms with Crippen molar-refractivity contribution in [1.82, 2.24) is 4.90 Å². The molecule has 2 amide bonds. The number of unbranched alkanes of at least 4 members (excludes halogenated alkanes) is 1. The van der Waals surface area contributed by atoms with Gasteiger partial charge in [0.15, 0.2) is 0 Å². The summed E-state index contributed by atoms with van der Waals surface area (Å²) in [4.78, 5) is 26.3. The molecule has 158 valence electrons. The van der Waals surface area contributed by atoms with Gasteiger partial charge in [0.1, 0.15) is 32.1 Å². The predicted molar refractivity (Wildman–Crippen MR) is 115 cm³/mol. The number of ether oxygens (including phenoxy) is 2. The Balaban J connectivity index is 1.73. The fourth-order valence-corrected chi connectivity index (χ4v) is 3.63. The summed E-state index contributed by atoms with van der Waals surface area (Å²) in [6.45, 7) is 4.52. The summed E-state index contributed by atoms with van der Waals surface area (Å²) in [6, 6.07) is 11.9. The van der Waals surface area contributed by atoms with Crippen LogP contribution >= 0.6 is 0 Å². The van der Waals surface area contributed by atoms with Crippen LogP contribution in [-0.4, -0.2) is 38.0 Å². The Morgan fingerprint density at radius 1 is 1.33 bits per heavy atom. The van der Waals surface area contributed by atoms with E-state index in [4.69, 9.17) is 9.47 Å². The second-order valence-electron chi connectivity index (χ2n) is 7.71. The topological polar surface area (TPSA) is 55.8 Å². The Kier molecular flexibility index (Phi) is 7.13. The lowest BCUT2D eigenvalue weighted by Crippen LogP contribution is -2.35. The molecule has 1 fully saturated rings.